The first-order chi connectivity index (χ1) is 14.5. The summed E-state index contributed by atoms with van der Waals surface area (Å²) >= 11 is 1.28. The van der Waals surface area contributed by atoms with Crippen molar-refractivity contribution in [2.75, 3.05) is 54.4 Å². The number of carbonyl (C=O) groups excluding carboxylic acids is 2. The Morgan fingerprint density at radius 1 is 1.00 bits per heavy atom. The van der Waals surface area contributed by atoms with Gasteiger partial charge in [0.1, 0.15) is 0 Å². The van der Waals surface area contributed by atoms with Crippen LogP contribution in [0.1, 0.15) is 25.3 Å². The van der Waals surface area contributed by atoms with Crippen molar-refractivity contribution in [1.82, 2.24) is 14.3 Å². The lowest BCUT2D eigenvalue weighted by Crippen LogP contribution is -2.51. The standard InChI is InChI=1S/C21H28N6O2S/c1-15-3-5-18(6-4-15)25-11-13-26(14-12-25)19(29)17-7-9-27(10-8-17)21-23-20(24-30-21)22-16(2)28/h3-6,17H,7-14H2,1-2H3,(H,22,24,28). The molecule has 0 radical (unpaired) electrons. The molecule has 3 heterocycles. The first kappa shape index (κ1) is 20.6. The fourth-order valence-electron chi connectivity index (χ4n) is 4.07. The van der Waals surface area contributed by atoms with Crippen molar-refractivity contribution in [2.24, 2.45) is 5.92 Å². The summed E-state index contributed by atoms with van der Waals surface area (Å²) in [5.41, 5.74) is 2.50. The zero-order chi connectivity index (χ0) is 21.1. The van der Waals surface area contributed by atoms with Gasteiger partial charge < -0.3 is 14.7 Å². The molecule has 0 saturated carbocycles. The molecule has 2 aromatic rings. The number of hydrogen-bond donors (Lipinski definition) is 1. The highest BCUT2D eigenvalue weighted by atomic mass is 32.1. The predicted octanol–water partition coefficient (Wildman–Crippen LogP) is 2.37. The lowest BCUT2D eigenvalue weighted by Gasteiger charge is -2.39. The molecule has 0 spiro atoms. The SMILES string of the molecule is CC(=O)Nc1nsc(N2CCC(C(=O)N3CCN(c4ccc(C)cc4)CC3)CC2)n1. The summed E-state index contributed by atoms with van der Waals surface area (Å²) in [5, 5.41) is 3.41. The van der Waals surface area contributed by atoms with Crippen molar-refractivity contribution in [3.05, 3.63) is 29.8 Å². The van der Waals surface area contributed by atoms with Crippen LogP contribution in [0.15, 0.2) is 24.3 Å². The number of anilines is 3. The molecule has 0 atom stereocenters. The van der Waals surface area contributed by atoms with Gasteiger partial charge in [0.25, 0.3) is 0 Å². The van der Waals surface area contributed by atoms with E-state index in [2.05, 4.69) is 55.7 Å². The van der Waals surface area contributed by atoms with E-state index in [4.69, 9.17) is 0 Å². The van der Waals surface area contributed by atoms with Gasteiger partial charge in [-0.3, -0.25) is 14.9 Å². The molecular formula is C21H28N6O2S. The molecule has 2 amide bonds. The molecule has 2 aliphatic heterocycles. The van der Waals surface area contributed by atoms with E-state index < -0.39 is 0 Å². The minimum Gasteiger partial charge on any atom is -0.368 e. The Morgan fingerprint density at radius 2 is 1.67 bits per heavy atom. The van der Waals surface area contributed by atoms with Crippen LogP contribution in [0.25, 0.3) is 0 Å². The number of aromatic nitrogens is 2. The molecule has 8 nitrogen and oxygen atoms in total. The molecule has 2 saturated heterocycles. The molecule has 30 heavy (non-hydrogen) atoms. The highest BCUT2D eigenvalue weighted by Crippen LogP contribution is 2.27. The molecule has 1 N–H and O–H groups in total. The average molecular weight is 429 g/mol. The van der Waals surface area contributed by atoms with Crippen LogP contribution in [0.2, 0.25) is 0 Å². The quantitative estimate of drug-likeness (QED) is 0.805. The van der Waals surface area contributed by atoms with Crippen LogP contribution < -0.4 is 15.1 Å². The number of nitrogens with zero attached hydrogens (tertiary/aromatic N) is 5. The Bertz CT molecular complexity index is 883. The summed E-state index contributed by atoms with van der Waals surface area (Å²) in [4.78, 5) is 35.1. The monoisotopic (exact) mass is 428 g/mol. The average Bonchev–Trinajstić information content (AvgIpc) is 3.22. The number of nitrogens with one attached hydrogen (secondary N) is 1. The summed E-state index contributed by atoms with van der Waals surface area (Å²) in [6.07, 6.45) is 1.65. The Hall–Kier alpha value is -2.68. The minimum absolute atomic E-state index is 0.0786. The maximum absolute atomic E-state index is 13.0. The second-order valence-electron chi connectivity index (χ2n) is 7.99. The first-order valence-electron chi connectivity index (χ1n) is 10.5. The molecule has 9 heteroatoms. The van der Waals surface area contributed by atoms with Crippen molar-refractivity contribution in [3.63, 3.8) is 0 Å². The van der Waals surface area contributed by atoms with Crippen LogP contribution in [0.3, 0.4) is 0 Å². The predicted molar refractivity (Wildman–Crippen MR) is 119 cm³/mol. The van der Waals surface area contributed by atoms with Gasteiger partial charge in [-0.05, 0) is 31.9 Å². The molecule has 160 valence electrons. The second kappa shape index (κ2) is 8.99. The van der Waals surface area contributed by atoms with Gasteiger partial charge in [0.05, 0.1) is 0 Å². The van der Waals surface area contributed by atoms with Gasteiger partial charge in [0.15, 0.2) is 0 Å². The molecule has 0 aliphatic carbocycles. The van der Waals surface area contributed by atoms with E-state index >= 15 is 0 Å². The summed E-state index contributed by atoms with van der Waals surface area (Å²) in [7, 11) is 0. The summed E-state index contributed by atoms with van der Waals surface area (Å²) in [6, 6.07) is 8.59. The normalized spacial score (nSPS) is 17.9. The van der Waals surface area contributed by atoms with E-state index in [0.717, 1.165) is 57.2 Å². The van der Waals surface area contributed by atoms with Crippen molar-refractivity contribution in [2.45, 2.75) is 26.7 Å². The first-order valence-corrected chi connectivity index (χ1v) is 11.2. The summed E-state index contributed by atoms with van der Waals surface area (Å²) in [5.74, 6) is 0.544. The van der Waals surface area contributed by atoms with Gasteiger partial charge in [0.2, 0.25) is 22.9 Å². The maximum Gasteiger partial charge on any atom is 0.243 e. The van der Waals surface area contributed by atoms with Crippen LogP contribution in [-0.2, 0) is 9.59 Å². The molecule has 1 aromatic heterocycles. The molecule has 2 fully saturated rings. The van der Waals surface area contributed by atoms with E-state index in [1.54, 1.807) is 0 Å². The Morgan fingerprint density at radius 3 is 2.30 bits per heavy atom. The number of piperazine rings is 1. The van der Waals surface area contributed by atoms with Gasteiger partial charge in [-0.1, -0.05) is 17.7 Å². The van der Waals surface area contributed by atoms with E-state index in [1.165, 1.54) is 29.7 Å². The van der Waals surface area contributed by atoms with Gasteiger partial charge >= 0.3 is 0 Å². The van der Waals surface area contributed by atoms with Crippen molar-refractivity contribution in [1.29, 1.82) is 0 Å². The lowest BCUT2D eigenvalue weighted by molar-refractivity contribution is -0.136. The van der Waals surface area contributed by atoms with Crippen molar-refractivity contribution < 1.29 is 9.59 Å². The highest BCUT2D eigenvalue weighted by Gasteiger charge is 2.31. The molecule has 2 aliphatic rings. The van der Waals surface area contributed by atoms with Gasteiger partial charge in [-0.25, -0.2) is 0 Å². The third-order valence-corrected chi connectivity index (χ3v) is 6.59. The van der Waals surface area contributed by atoms with Crippen LogP contribution in [0.5, 0.6) is 0 Å². The number of piperidine rings is 1. The Labute approximate surface area is 181 Å². The summed E-state index contributed by atoms with van der Waals surface area (Å²) < 4.78 is 4.17. The third kappa shape index (κ3) is 4.72. The number of benzene rings is 1. The van der Waals surface area contributed by atoms with Gasteiger partial charge in [0, 0.05) is 69.3 Å². The fourth-order valence-corrected chi connectivity index (χ4v) is 4.75. The number of rotatable bonds is 4. The van der Waals surface area contributed by atoms with E-state index in [1.807, 2.05) is 4.90 Å². The Kier molecular flexibility index (Phi) is 6.17. The molecular weight excluding hydrogens is 400 g/mol. The molecule has 1 aromatic carbocycles. The minimum atomic E-state index is -0.175. The van der Waals surface area contributed by atoms with Gasteiger partial charge in [-0.2, -0.15) is 9.36 Å². The van der Waals surface area contributed by atoms with Crippen LogP contribution >= 0.6 is 11.5 Å². The third-order valence-electron chi connectivity index (χ3n) is 5.81. The van der Waals surface area contributed by atoms with E-state index in [0.29, 0.717) is 5.95 Å². The molecule has 0 unspecified atom stereocenters. The zero-order valence-electron chi connectivity index (χ0n) is 17.5. The number of hydrogen-bond acceptors (Lipinski definition) is 7. The largest absolute Gasteiger partial charge is 0.368 e. The smallest absolute Gasteiger partial charge is 0.243 e. The fraction of sp³-hybridized carbons (Fsp3) is 0.524. The van der Waals surface area contributed by atoms with Crippen LogP contribution in [-0.4, -0.2) is 65.3 Å². The number of carbonyl (C=O) groups is 2. The van der Waals surface area contributed by atoms with Crippen molar-refractivity contribution >= 4 is 40.1 Å². The highest BCUT2D eigenvalue weighted by molar-refractivity contribution is 7.09. The number of amides is 2. The number of aryl methyl sites for hydroxylation is 1. The van der Waals surface area contributed by atoms with E-state index in [-0.39, 0.29) is 17.7 Å². The topological polar surface area (TPSA) is 81.7 Å². The maximum atomic E-state index is 13.0. The lowest BCUT2D eigenvalue weighted by atomic mass is 9.95. The molecule has 4 rings (SSSR count). The van der Waals surface area contributed by atoms with Crippen LogP contribution in [0.4, 0.5) is 16.8 Å². The second-order valence-corrected chi connectivity index (χ2v) is 8.72. The zero-order valence-corrected chi connectivity index (χ0v) is 18.3. The van der Waals surface area contributed by atoms with Gasteiger partial charge in [-0.15, -0.1) is 0 Å². The van der Waals surface area contributed by atoms with Crippen LogP contribution in [0, 0.1) is 12.8 Å². The van der Waals surface area contributed by atoms with E-state index in [9.17, 15) is 9.59 Å². The van der Waals surface area contributed by atoms with Crippen molar-refractivity contribution in [3.8, 4) is 0 Å². The Balaban J connectivity index is 1.26. The summed E-state index contributed by atoms with van der Waals surface area (Å²) in [6.45, 7) is 8.43. The molecule has 0 bridgehead atoms.